The van der Waals surface area contributed by atoms with Crippen molar-refractivity contribution in [2.45, 2.75) is 51.0 Å². The minimum atomic E-state index is -0.762. The number of imidazole rings is 1. The van der Waals surface area contributed by atoms with E-state index < -0.39 is 5.97 Å². The zero-order valence-corrected chi connectivity index (χ0v) is 19.1. The smallest absolute Gasteiger partial charge is 0.303 e. The maximum atomic E-state index is 10.7. The Morgan fingerprint density at radius 2 is 2.12 bits per heavy atom. The van der Waals surface area contributed by atoms with Crippen LogP contribution in [0.1, 0.15) is 49.7 Å². The molecule has 2 aliphatic rings. The average Bonchev–Trinajstić information content (AvgIpc) is 3.51. The summed E-state index contributed by atoms with van der Waals surface area (Å²) in [5.41, 5.74) is 3.87. The topological polar surface area (TPSA) is 113 Å². The van der Waals surface area contributed by atoms with Gasteiger partial charge in [0.25, 0.3) is 0 Å². The Hall–Kier alpha value is -3.62. The van der Waals surface area contributed by atoms with Crippen LogP contribution < -0.4 is 9.64 Å². The molecule has 0 amide bonds. The summed E-state index contributed by atoms with van der Waals surface area (Å²) < 4.78 is 12.3. The fourth-order valence-corrected chi connectivity index (χ4v) is 4.73. The molecular weight excluding hydrogens is 434 g/mol. The lowest BCUT2D eigenvalue weighted by Crippen LogP contribution is -2.35. The maximum Gasteiger partial charge on any atom is 0.303 e. The van der Waals surface area contributed by atoms with Crippen LogP contribution in [0.2, 0.25) is 0 Å². The van der Waals surface area contributed by atoms with Crippen LogP contribution in [-0.4, -0.2) is 56.8 Å². The summed E-state index contributed by atoms with van der Waals surface area (Å²) in [4.78, 5) is 29.1. The third-order valence-corrected chi connectivity index (χ3v) is 6.46. The minimum Gasteiger partial charge on any atom is -0.498 e. The molecule has 1 aromatic carbocycles. The van der Waals surface area contributed by atoms with Crippen molar-refractivity contribution in [1.82, 2.24) is 19.9 Å². The van der Waals surface area contributed by atoms with Crippen molar-refractivity contribution in [1.29, 1.82) is 0 Å². The number of fused-ring (bicyclic) bond motifs is 2. The number of ether oxygens (including phenoxy) is 2. The van der Waals surface area contributed by atoms with Crippen LogP contribution in [0.4, 0.5) is 5.82 Å². The van der Waals surface area contributed by atoms with Crippen LogP contribution in [0.15, 0.2) is 36.6 Å². The molecule has 1 atom stereocenters. The summed E-state index contributed by atoms with van der Waals surface area (Å²) in [5.74, 6) is 1.92. The van der Waals surface area contributed by atoms with Gasteiger partial charge in [-0.2, -0.15) is 0 Å². The van der Waals surface area contributed by atoms with Crippen molar-refractivity contribution in [3.8, 4) is 5.75 Å². The molecule has 178 valence electrons. The van der Waals surface area contributed by atoms with E-state index in [2.05, 4.69) is 37.0 Å². The van der Waals surface area contributed by atoms with Crippen LogP contribution in [0.25, 0.3) is 17.2 Å². The molecule has 1 saturated heterocycles. The first kappa shape index (κ1) is 22.2. The van der Waals surface area contributed by atoms with Gasteiger partial charge in [-0.1, -0.05) is 12.1 Å². The lowest BCUT2D eigenvalue weighted by Gasteiger charge is -2.27. The lowest BCUT2D eigenvalue weighted by molar-refractivity contribution is -0.137. The number of carboxylic acids is 1. The molecule has 0 bridgehead atoms. The van der Waals surface area contributed by atoms with Crippen LogP contribution in [0.5, 0.6) is 5.75 Å². The number of aliphatic carboxylic acids is 1. The number of allylic oxidation sites excluding steroid dienone is 1. The minimum absolute atomic E-state index is 0.183. The average molecular weight is 464 g/mol. The molecule has 3 heterocycles. The second-order valence-corrected chi connectivity index (χ2v) is 8.74. The van der Waals surface area contributed by atoms with Crippen LogP contribution in [-0.2, 0) is 16.0 Å². The van der Waals surface area contributed by atoms with Crippen molar-refractivity contribution in [2.75, 3.05) is 24.7 Å². The van der Waals surface area contributed by atoms with Gasteiger partial charge < -0.3 is 24.5 Å². The number of anilines is 1. The zero-order chi connectivity index (χ0) is 23.3. The standard InChI is InChI=1S/C25H29N5O4/c31-22(32)8-1-2-12-33-19-10-9-17-5-3-7-21(20(17)13-19)34-14-18-6-4-11-30(18)25-23-24(27-15-26-23)28-16-29-25/h3,5,7,13,15-16,18H,1-2,4,6,8-12,14H2,(H,31,32)(H,26,27,28,29). The molecule has 3 aromatic rings. The summed E-state index contributed by atoms with van der Waals surface area (Å²) >= 11 is 0. The number of H-pyrrole nitrogens is 1. The number of aromatic amines is 1. The van der Waals surface area contributed by atoms with E-state index in [9.17, 15) is 4.79 Å². The molecule has 34 heavy (non-hydrogen) atoms. The van der Waals surface area contributed by atoms with Gasteiger partial charge in [-0.25, -0.2) is 15.0 Å². The SMILES string of the molecule is O=C(O)CCCCOC1=Cc2c(cccc2OCC2CCCN2c2ncnc3nc[nH]c23)CC1. The van der Waals surface area contributed by atoms with Crippen LogP contribution >= 0.6 is 0 Å². The molecule has 0 saturated carbocycles. The lowest BCUT2D eigenvalue weighted by atomic mass is 9.95. The highest BCUT2D eigenvalue weighted by molar-refractivity contribution is 5.83. The Morgan fingerprint density at radius 1 is 1.18 bits per heavy atom. The highest BCUT2D eigenvalue weighted by atomic mass is 16.5. The zero-order valence-electron chi connectivity index (χ0n) is 19.1. The third-order valence-electron chi connectivity index (χ3n) is 6.46. The van der Waals surface area contributed by atoms with E-state index in [1.807, 2.05) is 12.1 Å². The van der Waals surface area contributed by atoms with Gasteiger partial charge in [-0.3, -0.25) is 4.79 Å². The third kappa shape index (κ3) is 4.83. The van der Waals surface area contributed by atoms with Crippen molar-refractivity contribution in [3.63, 3.8) is 0 Å². The second-order valence-electron chi connectivity index (χ2n) is 8.74. The van der Waals surface area contributed by atoms with E-state index in [1.54, 1.807) is 12.7 Å². The van der Waals surface area contributed by atoms with Gasteiger partial charge >= 0.3 is 5.97 Å². The highest BCUT2D eigenvalue weighted by Crippen LogP contribution is 2.33. The number of hydrogen-bond acceptors (Lipinski definition) is 7. The Labute approximate surface area is 197 Å². The molecule has 1 fully saturated rings. The van der Waals surface area contributed by atoms with Gasteiger partial charge in [0.2, 0.25) is 0 Å². The molecule has 9 nitrogen and oxygen atoms in total. The fraction of sp³-hybridized carbons (Fsp3) is 0.440. The van der Waals surface area contributed by atoms with E-state index in [-0.39, 0.29) is 12.5 Å². The molecule has 2 aromatic heterocycles. The predicted molar refractivity (Wildman–Crippen MR) is 128 cm³/mol. The molecule has 1 unspecified atom stereocenters. The number of rotatable bonds is 10. The highest BCUT2D eigenvalue weighted by Gasteiger charge is 2.29. The van der Waals surface area contributed by atoms with Crippen molar-refractivity contribution < 1.29 is 19.4 Å². The number of benzene rings is 1. The molecule has 0 radical (unpaired) electrons. The Kier molecular flexibility index (Phi) is 6.60. The van der Waals surface area contributed by atoms with Gasteiger partial charge in [0.1, 0.15) is 24.2 Å². The number of unbranched alkanes of at least 4 members (excludes halogenated alkanes) is 1. The van der Waals surface area contributed by atoms with Crippen LogP contribution in [0.3, 0.4) is 0 Å². The number of aromatic nitrogens is 4. The molecule has 1 aliphatic heterocycles. The summed E-state index contributed by atoms with van der Waals surface area (Å²) in [6.45, 7) is 2.02. The number of nitrogens with zero attached hydrogens (tertiary/aromatic N) is 4. The van der Waals surface area contributed by atoms with E-state index in [0.717, 1.165) is 67.1 Å². The number of aryl methyl sites for hydroxylation is 1. The van der Waals surface area contributed by atoms with Gasteiger partial charge in [0.05, 0.1) is 24.7 Å². The summed E-state index contributed by atoms with van der Waals surface area (Å²) in [6.07, 6.45) is 10.7. The monoisotopic (exact) mass is 463 g/mol. The normalized spacial score (nSPS) is 17.5. The van der Waals surface area contributed by atoms with Crippen molar-refractivity contribution in [2.24, 2.45) is 0 Å². The summed E-state index contributed by atoms with van der Waals surface area (Å²) in [6, 6.07) is 6.42. The van der Waals surface area contributed by atoms with Crippen molar-refractivity contribution in [3.05, 3.63) is 47.7 Å². The molecule has 1 aliphatic carbocycles. The van der Waals surface area contributed by atoms with E-state index in [4.69, 9.17) is 14.6 Å². The number of nitrogens with one attached hydrogen (secondary N) is 1. The van der Waals surface area contributed by atoms with Gasteiger partial charge in [-0.05, 0) is 49.8 Å². The van der Waals surface area contributed by atoms with Gasteiger partial charge in [0, 0.05) is 24.9 Å². The first-order valence-corrected chi connectivity index (χ1v) is 11.9. The maximum absolute atomic E-state index is 10.7. The molecular formula is C25H29N5O4. The molecule has 2 N–H and O–H groups in total. The summed E-state index contributed by atoms with van der Waals surface area (Å²) in [7, 11) is 0. The summed E-state index contributed by atoms with van der Waals surface area (Å²) in [5, 5.41) is 8.77. The number of hydrogen-bond donors (Lipinski definition) is 2. The Bertz CT molecular complexity index is 1190. The van der Waals surface area contributed by atoms with Gasteiger partial charge in [0.15, 0.2) is 11.5 Å². The first-order valence-electron chi connectivity index (χ1n) is 11.9. The number of carbonyl (C=O) groups is 1. The number of carboxylic acid groups (broad SMARTS) is 1. The Balaban J connectivity index is 1.25. The van der Waals surface area contributed by atoms with Gasteiger partial charge in [-0.15, -0.1) is 0 Å². The predicted octanol–water partition coefficient (Wildman–Crippen LogP) is 3.96. The quantitative estimate of drug-likeness (QED) is 0.435. The molecule has 0 spiro atoms. The molecule has 5 rings (SSSR count). The fourth-order valence-electron chi connectivity index (χ4n) is 4.73. The van der Waals surface area contributed by atoms with E-state index >= 15 is 0 Å². The first-order chi connectivity index (χ1) is 16.7. The van der Waals surface area contributed by atoms with Crippen molar-refractivity contribution >= 4 is 29.0 Å². The largest absolute Gasteiger partial charge is 0.498 e. The van der Waals surface area contributed by atoms with Crippen LogP contribution in [0, 0.1) is 0 Å². The van der Waals surface area contributed by atoms with E-state index in [1.165, 1.54) is 5.56 Å². The second kappa shape index (κ2) is 10.1. The Morgan fingerprint density at radius 3 is 3.03 bits per heavy atom. The molecule has 9 heteroatoms. The van der Waals surface area contributed by atoms with E-state index in [0.29, 0.717) is 25.3 Å².